The van der Waals surface area contributed by atoms with E-state index in [1.165, 1.54) is 18.2 Å². The van der Waals surface area contributed by atoms with Gasteiger partial charge in [-0.05, 0) is 77.2 Å². The van der Waals surface area contributed by atoms with E-state index in [0.29, 0.717) is 30.7 Å². The highest BCUT2D eigenvalue weighted by Gasteiger charge is 2.34. The zero-order valence-corrected chi connectivity index (χ0v) is 18.0. The fourth-order valence-corrected chi connectivity index (χ4v) is 3.46. The second-order valence-electron chi connectivity index (χ2n) is 5.84. The van der Waals surface area contributed by atoms with E-state index >= 15 is 0 Å². The summed E-state index contributed by atoms with van der Waals surface area (Å²) in [4.78, 5) is 12.1. The molecule has 2 aromatic carbocycles. The molecule has 0 spiro atoms. The van der Waals surface area contributed by atoms with Gasteiger partial charge < -0.3 is 9.73 Å². The highest BCUT2D eigenvalue weighted by molar-refractivity contribution is 14.1. The number of hydrogen-bond acceptors (Lipinski definition) is 2. The van der Waals surface area contributed by atoms with Gasteiger partial charge in [0.2, 0.25) is 5.91 Å². The van der Waals surface area contributed by atoms with Gasteiger partial charge in [-0.25, -0.2) is 0 Å². The van der Waals surface area contributed by atoms with Crippen LogP contribution < -0.4 is 5.32 Å². The van der Waals surface area contributed by atoms with Crippen LogP contribution in [0.1, 0.15) is 11.3 Å². The summed E-state index contributed by atoms with van der Waals surface area (Å²) < 4.78 is 45.5. The third kappa shape index (κ3) is 5.55. The first-order valence-corrected chi connectivity index (χ1v) is 9.88. The van der Waals surface area contributed by atoms with Crippen LogP contribution in [0.25, 0.3) is 17.4 Å². The molecule has 0 fully saturated rings. The molecule has 1 amide bonds. The minimum Gasteiger partial charge on any atom is -0.457 e. The average Bonchev–Trinajstić information content (AvgIpc) is 3.09. The zero-order chi connectivity index (χ0) is 21.2. The fraction of sp³-hybridized carbons (Fsp3) is 0.0500. The van der Waals surface area contributed by atoms with Crippen LogP contribution in [0.5, 0.6) is 0 Å². The minimum atomic E-state index is -4.58. The lowest BCUT2D eigenvalue weighted by atomic mass is 10.1. The van der Waals surface area contributed by atoms with E-state index in [1.807, 2.05) is 0 Å². The molecule has 3 aromatic rings. The number of halogens is 6. The molecule has 0 atom stereocenters. The smallest absolute Gasteiger partial charge is 0.418 e. The quantitative estimate of drug-likeness (QED) is 0.269. The van der Waals surface area contributed by atoms with Crippen molar-refractivity contribution in [3.05, 3.63) is 79.5 Å². The molecule has 0 bridgehead atoms. The summed E-state index contributed by atoms with van der Waals surface area (Å²) in [6.07, 6.45) is -2.14. The summed E-state index contributed by atoms with van der Waals surface area (Å²) in [5.74, 6) is 0.0720. The Labute approximate surface area is 187 Å². The number of alkyl halides is 3. The molecular formula is C20H11Cl2F3INO2. The van der Waals surface area contributed by atoms with Crippen molar-refractivity contribution in [1.82, 2.24) is 0 Å². The van der Waals surface area contributed by atoms with Gasteiger partial charge in [0.15, 0.2) is 0 Å². The third-order valence-corrected chi connectivity index (χ3v) is 4.99. The lowest BCUT2D eigenvalue weighted by Gasteiger charge is -2.13. The van der Waals surface area contributed by atoms with E-state index in [9.17, 15) is 18.0 Å². The Hall–Kier alpha value is -1.97. The van der Waals surface area contributed by atoms with Crippen LogP contribution >= 0.6 is 45.8 Å². The number of anilines is 1. The van der Waals surface area contributed by atoms with Gasteiger partial charge in [-0.2, -0.15) is 13.2 Å². The molecule has 0 saturated carbocycles. The van der Waals surface area contributed by atoms with E-state index in [1.54, 1.807) is 52.9 Å². The number of carbonyl (C=O) groups is 1. The molecule has 0 unspecified atom stereocenters. The van der Waals surface area contributed by atoms with Crippen LogP contribution in [0, 0.1) is 3.57 Å². The normalized spacial score (nSPS) is 11.8. The molecule has 0 aliphatic heterocycles. The predicted octanol–water partition coefficient (Wildman–Crippen LogP) is 7.53. The Morgan fingerprint density at radius 1 is 1.07 bits per heavy atom. The van der Waals surface area contributed by atoms with Gasteiger partial charge >= 0.3 is 6.18 Å². The summed E-state index contributed by atoms with van der Waals surface area (Å²) in [5.41, 5.74) is -0.613. The predicted molar refractivity (Wildman–Crippen MR) is 116 cm³/mol. The molecule has 150 valence electrons. The van der Waals surface area contributed by atoms with Crippen molar-refractivity contribution in [2.75, 3.05) is 5.32 Å². The number of rotatable bonds is 4. The van der Waals surface area contributed by atoms with Gasteiger partial charge in [0.25, 0.3) is 0 Å². The first kappa shape index (κ1) is 21.7. The van der Waals surface area contributed by atoms with Crippen LogP contribution in [-0.4, -0.2) is 5.91 Å². The van der Waals surface area contributed by atoms with Crippen LogP contribution in [0.15, 0.2) is 59.0 Å². The summed E-state index contributed by atoms with van der Waals surface area (Å²) in [5, 5.41) is 3.13. The maximum absolute atomic E-state index is 13.1. The van der Waals surface area contributed by atoms with E-state index in [4.69, 9.17) is 27.6 Å². The molecular weight excluding hydrogens is 541 g/mol. The largest absolute Gasteiger partial charge is 0.457 e. The van der Waals surface area contributed by atoms with Crippen LogP contribution in [0.2, 0.25) is 10.0 Å². The van der Waals surface area contributed by atoms with E-state index in [0.717, 1.165) is 12.1 Å². The summed E-state index contributed by atoms with van der Waals surface area (Å²) in [6, 6.07) is 11.8. The van der Waals surface area contributed by atoms with Crippen LogP contribution in [-0.2, 0) is 11.0 Å². The number of amides is 1. The summed E-state index contributed by atoms with van der Waals surface area (Å²) in [7, 11) is 0. The van der Waals surface area contributed by atoms with Gasteiger partial charge in [0, 0.05) is 20.2 Å². The van der Waals surface area contributed by atoms with Gasteiger partial charge in [0.1, 0.15) is 11.5 Å². The van der Waals surface area contributed by atoms with E-state index in [2.05, 4.69) is 5.32 Å². The molecule has 1 aromatic heterocycles. The molecule has 9 heteroatoms. The Morgan fingerprint density at radius 2 is 1.83 bits per heavy atom. The van der Waals surface area contributed by atoms with Crippen molar-refractivity contribution in [2.45, 2.75) is 6.18 Å². The fourth-order valence-electron chi connectivity index (χ4n) is 2.47. The molecule has 3 nitrogen and oxygen atoms in total. The standard InChI is InChI=1S/C20H11Cl2F3INO2/c21-11-1-5-14(16(22)9-11)18-7-3-13(29-18)4-8-19(28)27-17-6-2-12(26)10-15(17)20(23,24)25/h1-10H,(H,27,28)/b8-4+. The number of nitrogens with one attached hydrogen (secondary N) is 1. The van der Waals surface area contributed by atoms with Crippen molar-refractivity contribution in [3.63, 3.8) is 0 Å². The van der Waals surface area contributed by atoms with Gasteiger partial charge in [0.05, 0.1) is 16.3 Å². The SMILES string of the molecule is O=C(/C=C/c1ccc(-c2ccc(Cl)cc2Cl)o1)Nc1ccc(I)cc1C(F)(F)F. The molecule has 0 radical (unpaired) electrons. The first-order valence-electron chi connectivity index (χ1n) is 8.04. The monoisotopic (exact) mass is 551 g/mol. The number of carbonyl (C=O) groups excluding carboxylic acids is 1. The lowest BCUT2D eigenvalue weighted by molar-refractivity contribution is -0.137. The lowest BCUT2D eigenvalue weighted by Crippen LogP contribution is -2.14. The molecule has 3 rings (SSSR count). The second-order valence-corrected chi connectivity index (χ2v) is 7.93. The highest BCUT2D eigenvalue weighted by atomic mass is 127. The zero-order valence-electron chi connectivity index (χ0n) is 14.4. The third-order valence-electron chi connectivity index (χ3n) is 3.77. The number of furan rings is 1. The van der Waals surface area contributed by atoms with Crippen molar-refractivity contribution in [2.24, 2.45) is 0 Å². The molecule has 29 heavy (non-hydrogen) atoms. The topological polar surface area (TPSA) is 42.2 Å². The molecule has 0 aliphatic carbocycles. The Morgan fingerprint density at radius 3 is 2.52 bits per heavy atom. The van der Waals surface area contributed by atoms with Crippen LogP contribution in [0.3, 0.4) is 0 Å². The molecule has 1 heterocycles. The highest BCUT2D eigenvalue weighted by Crippen LogP contribution is 2.36. The molecule has 0 aliphatic rings. The minimum absolute atomic E-state index is 0.319. The Bertz CT molecular complexity index is 1090. The van der Waals surface area contributed by atoms with Crippen LogP contribution in [0.4, 0.5) is 18.9 Å². The Balaban J connectivity index is 1.75. The first-order chi connectivity index (χ1) is 13.6. The Kier molecular flexibility index (Phi) is 6.60. The maximum atomic E-state index is 13.1. The van der Waals surface area contributed by atoms with Crippen molar-refractivity contribution in [3.8, 4) is 11.3 Å². The van der Waals surface area contributed by atoms with Gasteiger partial charge in [-0.1, -0.05) is 23.2 Å². The molecule has 0 saturated heterocycles. The second kappa shape index (κ2) is 8.81. The number of hydrogen-bond donors (Lipinski definition) is 1. The van der Waals surface area contributed by atoms with Gasteiger partial charge in [-0.3, -0.25) is 4.79 Å². The number of benzene rings is 2. The maximum Gasteiger partial charge on any atom is 0.418 e. The summed E-state index contributed by atoms with van der Waals surface area (Å²) in [6.45, 7) is 0. The average molecular weight is 552 g/mol. The van der Waals surface area contributed by atoms with Gasteiger partial charge in [-0.15, -0.1) is 0 Å². The van der Waals surface area contributed by atoms with E-state index in [-0.39, 0.29) is 5.69 Å². The van der Waals surface area contributed by atoms with Crippen molar-refractivity contribution in [1.29, 1.82) is 0 Å². The van der Waals surface area contributed by atoms with Crippen molar-refractivity contribution < 1.29 is 22.4 Å². The summed E-state index contributed by atoms with van der Waals surface area (Å²) >= 11 is 13.8. The van der Waals surface area contributed by atoms with E-state index < -0.39 is 17.6 Å². The van der Waals surface area contributed by atoms with Crippen molar-refractivity contribution >= 4 is 63.5 Å². The molecule has 1 N–H and O–H groups in total.